The average Bonchev–Trinajstić information content (AvgIpc) is 2.55. The van der Waals surface area contributed by atoms with Crippen LogP contribution in [0.4, 0.5) is 8.78 Å². The van der Waals surface area contributed by atoms with E-state index in [1.54, 1.807) is 23.9 Å². The highest BCUT2D eigenvalue weighted by molar-refractivity contribution is 7.89. The molecular formula is C15H20ClF2N3O4S. The number of carbonyl (C=O) groups excluding carboxylic acids is 1. The van der Waals surface area contributed by atoms with Crippen molar-refractivity contribution < 1.29 is 26.7 Å². The quantitative estimate of drug-likeness (QED) is 0.706. The van der Waals surface area contributed by atoms with E-state index in [9.17, 15) is 22.0 Å². The summed E-state index contributed by atoms with van der Waals surface area (Å²) in [5.74, 6) is -0.358. The number of sulfonamides is 1. The Labute approximate surface area is 156 Å². The highest BCUT2D eigenvalue weighted by Gasteiger charge is 2.30. The predicted octanol–water partition coefficient (Wildman–Crippen LogP) is 1.34. The maximum atomic E-state index is 12.7. The smallest absolute Gasteiger partial charge is 0.387 e. The van der Waals surface area contributed by atoms with Gasteiger partial charge in [-0.05, 0) is 32.3 Å². The van der Waals surface area contributed by atoms with Crippen molar-refractivity contribution in [2.75, 3.05) is 46.8 Å². The number of alkyl halides is 2. The zero-order chi connectivity index (χ0) is 19.5. The number of nitrogens with zero attached hydrogens (tertiary/aromatic N) is 3. The topological polar surface area (TPSA) is 70.2 Å². The Morgan fingerprint density at radius 2 is 1.88 bits per heavy atom. The van der Waals surface area contributed by atoms with Gasteiger partial charge in [0, 0.05) is 26.2 Å². The third-order valence-electron chi connectivity index (χ3n) is 3.80. The van der Waals surface area contributed by atoms with Gasteiger partial charge in [0.1, 0.15) is 5.75 Å². The molecule has 0 bridgehead atoms. The van der Waals surface area contributed by atoms with Crippen LogP contribution in [0.15, 0.2) is 23.1 Å². The molecule has 0 N–H and O–H groups in total. The molecule has 146 valence electrons. The lowest BCUT2D eigenvalue weighted by atomic mass is 10.3. The molecule has 1 saturated heterocycles. The minimum absolute atomic E-state index is 0.0661. The van der Waals surface area contributed by atoms with E-state index in [0.717, 1.165) is 12.1 Å². The lowest BCUT2D eigenvalue weighted by molar-refractivity contribution is -0.133. The molecule has 1 heterocycles. The summed E-state index contributed by atoms with van der Waals surface area (Å²) >= 11 is 5.83. The number of benzene rings is 1. The minimum Gasteiger partial charge on any atom is -0.433 e. The van der Waals surface area contributed by atoms with Gasteiger partial charge in [0.15, 0.2) is 0 Å². The van der Waals surface area contributed by atoms with Gasteiger partial charge >= 0.3 is 6.61 Å². The molecule has 7 nitrogen and oxygen atoms in total. The molecule has 2 rings (SSSR count). The number of halogens is 3. The molecule has 0 unspecified atom stereocenters. The summed E-state index contributed by atoms with van der Waals surface area (Å²) in [4.78, 5) is 15.3. The average molecular weight is 412 g/mol. The number of hydrogen-bond donors (Lipinski definition) is 0. The highest BCUT2D eigenvalue weighted by atomic mass is 35.5. The monoisotopic (exact) mass is 411 g/mol. The van der Waals surface area contributed by atoms with E-state index in [1.807, 2.05) is 0 Å². The van der Waals surface area contributed by atoms with Crippen molar-refractivity contribution in [2.45, 2.75) is 11.5 Å². The molecule has 1 aromatic carbocycles. The zero-order valence-corrected chi connectivity index (χ0v) is 15.9. The van der Waals surface area contributed by atoms with Gasteiger partial charge in [-0.3, -0.25) is 4.79 Å². The van der Waals surface area contributed by atoms with Gasteiger partial charge in [0.05, 0.1) is 16.5 Å². The standard InChI is InChI=1S/C15H20ClF2N3O4S/c1-19(2)10-14(22)20-5-7-21(8-6-20)26(23,24)11-3-4-13(12(16)9-11)25-15(17)18/h3-4,9,15H,5-8,10H2,1-2H3. The fourth-order valence-electron chi connectivity index (χ4n) is 2.53. The van der Waals surface area contributed by atoms with Crippen LogP contribution < -0.4 is 4.74 Å². The second kappa shape index (κ2) is 8.47. The van der Waals surface area contributed by atoms with E-state index in [1.165, 1.54) is 10.4 Å². The van der Waals surface area contributed by atoms with Crippen molar-refractivity contribution in [2.24, 2.45) is 0 Å². The summed E-state index contributed by atoms with van der Waals surface area (Å²) in [7, 11) is -0.281. The van der Waals surface area contributed by atoms with E-state index >= 15 is 0 Å². The number of likely N-dealkylation sites (N-methyl/N-ethyl adjacent to an activating group) is 1. The number of ether oxygens (including phenoxy) is 1. The lowest BCUT2D eigenvalue weighted by Gasteiger charge is -2.34. The van der Waals surface area contributed by atoms with E-state index in [0.29, 0.717) is 0 Å². The number of rotatable bonds is 6. The van der Waals surface area contributed by atoms with Crippen molar-refractivity contribution in [1.82, 2.24) is 14.1 Å². The first-order valence-electron chi connectivity index (χ1n) is 7.78. The van der Waals surface area contributed by atoms with Gasteiger partial charge in [-0.15, -0.1) is 0 Å². The number of piperazine rings is 1. The van der Waals surface area contributed by atoms with Gasteiger partial charge in [-0.1, -0.05) is 11.6 Å². The molecule has 0 atom stereocenters. The fourth-order valence-corrected chi connectivity index (χ4v) is 4.27. The molecule has 0 spiro atoms. The van der Waals surface area contributed by atoms with Crippen molar-refractivity contribution >= 4 is 27.5 Å². The number of carbonyl (C=O) groups is 1. The summed E-state index contributed by atoms with van der Waals surface area (Å²) in [5, 5.41) is -0.217. The minimum atomic E-state index is -3.84. The largest absolute Gasteiger partial charge is 0.433 e. The Morgan fingerprint density at radius 1 is 1.27 bits per heavy atom. The Morgan fingerprint density at radius 3 is 2.38 bits per heavy atom. The normalized spacial score (nSPS) is 16.3. The van der Waals surface area contributed by atoms with Crippen molar-refractivity contribution in [1.29, 1.82) is 0 Å². The van der Waals surface area contributed by atoms with Crippen LogP contribution in [-0.4, -0.2) is 81.9 Å². The van der Waals surface area contributed by atoms with Crippen LogP contribution in [0.3, 0.4) is 0 Å². The summed E-state index contributed by atoms with van der Waals surface area (Å²) in [6, 6.07) is 3.35. The van der Waals surface area contributed by atoms with Crippen molar-refractivity contribution in [3.05, 3.63) is 23.2 Å². The van der Waals surface area contributed by atoms with Gasteiger partial charge in [0.2, 0.25) is 15.9 Å². The first-order valence-corrected chi connectivity index (χ1v) is 9.60. The van der Waals surface area contributed by atoms with E-state index in [4.69, 9.17) is 11.6 Å². The molecule has 0 saturated carbocycles. The summed E-state index contributed by atoms with van der Waals surface area (Å²) in [5.41, 5.74) is 0. The number of amides is 1. The molecule has 1 aliphatic rings. The van der Waals surface area contributed by atoms with E-state index in [-0.39, 0.29) is 54.3 Å². The van der Waals surface area contributed by atoms with Gasteiger partial charge in [0.25, 0.3) is 0 Å². The first-order chi connectivity index (χ1) is 12.1. The Bertz CT molecular complexity index is 753. The maximum Gasteiger partial charge on any atom is 0.387 e. The predicted molar refractivity (Wildman–Crippen MR) is 92.0 cm³/mol. The van der Waals surface area contributed by atoms with Gasteiger partial charge in [-0.2, -0.15) is 13.1 Å². The second-order valence-electron chi connectivity index (χ2n) is 5.99. The summed E-state index contributed by atoms with van der Waals surface area (Å²) in [6.45, 7) is -1.93. The van der Waals surface area contributed by atoms with Crippen molar-refractivity contribution in [3.8, 4) is 5.75 Å². The fraction of sp³-hybridized carbons (Fsp3) is 0.533. The van der Waals surface area contributed by atoms with Crippen LogP contribution in [0.2, 0.25) is 5.02 Å². The van der Waals surface area contributed by atoms with Gasteiger partial charge < -0.3 is 14.5 Å². The summed E-state index contributed by atoms with van der Waals surface area (Å²) < 4.78 is 55.4. The Hall–Kier alpha value is -1.49. The molecule has 11 heteroatoms. The van der Waals surface area contributed by atoms with Crippen LogP contribution in [0.1, 0.15) is 0 Å². The second-order valence-corrected chi connectivity index (χ2v) is 8.34. The Kier molecular flexibility index (Phi) is 6.78. The molecule has 1 aromatic rings. The maximum absolute atomic E-state index is 12.7. The molecule has 26 heavy (non-hydrogen) atoms. The van der Waals surface area contributed by atoms with E-state index < -0.39 is 16.6 Å². The Balaban J connectivity index is 2.07. The molecule has 0 aliphatic carbocycles. The molecule has 1 aliphatic heterocycles. The van der Waals surface area contributed by atoms with Crippen LogP contribution in [0.5, 0.6) is 5.75 Å². The van der Waals surface area contributed by atoms with Gasteiger partial charge in [-0.25, -0.2) is 8.42 Å². The molecule has 0 aromatic heterocycles. The van der Waals surface area contributed by atoms with Crippen LogP contribution >= 0.6 is 11.6 Å². The highest BCUT2D eigenvalue weighted by Crippen LogP contribution is 2.30. The first kappa shape index (κ1) is 20.8. The lowest BCUT2D eigenvalue weighted by Crippen LogP contribution is -2.52. The van der Waals surface area contributed by atoms with Crippen LogP contribution in [0.25, 0.3) is 0 Å². The van der Waals surface area contributed by atoms with Crippen molar-refractivity contribution in [3.63, 3.8) is 0 Å². The zero-order valence-electron chi connectivity index (χ0n) is 14.4. The molecule has 1 fully saturated rings. The van der Waals surface area contributed by atoms with Crippen LogP contribution in [-0.2, 0) is 14.8 Å². The third kappa shape index (κ3) is 5.03. The van der Waals surface area contributed by atoms with E-state index in [2.05, 4.69) is 4.74 Å². The third-order valence-corrected chi connectivity index (χ3v) is 5.99. The number of hydrogen-bond acceptors (Lipinski definition) is 5. The molecule has 1 amide bonds. The SMILES string of the molecule is CN(C)CC(=O)N1CCN(S(=O)(=O)c2ccc(OC(F)F)c(Cl)c2)CC1. The molecule has 0 radical (unpaired) electrons. The molecular weight excluding hydrogens is 392 g/mol. The van der Waals surface area contributed by atoms with Crippen LogP contribution in [0, 0.1) is 0 Å². The summed E-state index contributed by atoms with van der Waals surface area (Å²) in [6.07, 6.45) is 0.